The Labute approximate surface area is 144 Å². The first-order valence-corrected chi connectivity index (χ1v) is 9.30. The highest BCUT2D eigenvalue weighted by Crippen LogP contribution is 2.20. The Hall–Kier alpha value is -1.94. The van der Waals surface area contributed by atoms with Crippen LogP contribution in [-0.2, 0) is 16.6 Å². The Morgan fingerprint density at radius 2 is 1.79 bits per heavy atom. The van der Waals surface area contributed by atoms with E-state index in [2.05, 4.69) is 18.2 Å². The number of hydrogen-bond acceptors (Lipinski definition) is 3. The van der Waals surface area contributed by atoms with Crippen LogP contribution in [0.25, 0.3) is 10.8 Å². The van der Waals surface area contributed by atoms with Crippen molar-refractivity contribution in [3.8, 4) is 6.07 Å². The van der Waals surface area contributed by atoms with Gasteiger partial charge in [0.1, 0.15) is 0 Å². The van der Waals surface area contributed by atoms with Gasteiger partial charge in [0, 0.05) is 26.7 Å². The molecule has 0 unspecified atom stereocenters. The maximum Gasteiger partial charge on any atom is 0.281 e. The molecule has 24 heavy (non-hydrogen) atoms. The van der Waals surface area contributed by atoms with E-state index < -0.39 is 10.2 Å². The van der Waals surface area contributed by atoms with Crippen molar-refractivity contribution in [1.29, 1.82) is 5.26 Å². The molecular weight excluding hydrogens is 322 g/mol. The Bertz CT molecular complexity index is 837. The van der Waals surface area contributed by atoms with E-state index in [9.17, 15) is 8.42 Å². The van der Waals surface area contributed by atoms with Crippen molar-refractivity contribution in [3.63, 3.8) is 0 Å². The lowest BCUT2D eigenvalue weighted by molar-refractivity contribution is 0.348. The Kier molecular flexibility index (Phi) is 5.94. The molecule has 0 aliphatic heterocycles. The predicted molar refractivity (Wildman–Crippen MR) is 96.7 cm³/mol. The molecule has 0 saturated carbocycles. The minimum absolute atomic E-state index is 0.174. The monoisotopic (exact) mass is 345 g/mol. The van der Waals surface area contributed by atoms with Gasteiger partial charge in [-0.05, 0) is 29.7 Å². The van der Waals surface area contributed by atoms with Crippen molar-refractivity contribution in [2.75, 3.05) is 20.6 Å². The van der Waals surface area contributed by atoms with Gasteiger partial charge in [-0.15, -0.1) is 0 Å². The molecule has 0 aliphatic rings. The largest absolute Gasteiger partial charge is 0.281 e. The van der Waals surface area contributed by atoms with Gasteiger partial charge < -0.3 is 0 Å². The molecule has 0 fully saturated rings. The van der Waals surface area contributed by atoms with E-state index in [-0.39, 0.29) is 12.5 Å². The molecule has 2 rings (SSSR count). The van der Waals surface area contributed by atoms with E-state index in [4.69, 9.17) is 5.26 Å². The minimum Gasteiger partial charge on any atom is -0.198 e. The van der Waals surface area contributed by atoms with Crippen molar-refractivity contribution in [2.45, 2.75) is 25.8 Å². The zero-order valence-corrected chi connectivity index (χ0v) is 15.1. The minimum atomic E-state index is -3.57. The van der Waals surface area contributed by atoms with Crippen LogP contribution in [0.5, 0.6) is 0 Å². The lowest BCUT2D eigenvalue weighted by Gasteiger charge is -2.28. The third-order valence-electron chi connectivity index (χ3n) is 4.34. The molecule has 2 aromatic carbocycles. The van der Waals surface area contributed by atoms with E-state index in [1.807, 2.05) is 30.3 Å². The van der Waals surface area contributed by atoms with E-state index in [0.29, 0.717) is 13.0 Å². The number of likely N-dealkylation sites (N-methyl/N-ethyl adjacent to an activating group) is 1. The summed E-state index contributed by atoms with van der Waals surface area (Å²) in [5.74, 6) is 0. The van der Waals surface area contributed by atoms with Crippen LogP contribution in [-0.4, -0.2) is 43.7 Å². The molecule has 0 heterocycles. The zero-order chi connectivity index (χ0) is 17.7. The highest BCUT2D eigenvalue weighted by molar-refractivity contribution is 7.86. The molecule has 128 valence electrons. The van der Waals surface area contributed by atoms with Gasteiger partial charge in [0.25, 0.3) is 10.2 Å². The molecule has 2 aromatic rings. The molecule has 1 atom stereocenters. The molecule has 0 amide bonds. The van der Waals surface area contributed by atoms with Crippen molar-refractivity contribution in [1.82, 2.24) is 8.61 Å². The van der Waals surface area contributed by atoms with Crippen molar-refractivity contribution < 1.29 is 8.42 Å². The lowest BCUT2D eigenvalue weighted by atomic mass is 10.0. The Morgan fingerprint density at radius 1 is 1.12 bits per heavy atom. The van der Waals surface area contributed by atoms with Gasteiger partial charge in [-0.25, -0.2) is 0 Å². The average molecular weight is 345 g/mol. The molecule has 0 saturated heterocycles. The van der Waals surface area contributed by atoms with Gasteiger partial charge in [-0.3, -0.25) is 0 Å². The second kappa shape index (κ2) is 7.75. The van der Waals surface area contributed by atoms with Crippen molar-refractivity contribution >= 4 is 21.0 Å². The molecular formula is C18H23N3O2S. The maximum atomic E-state index is 12.6. The number of nitriles is 1. The molecule has 0 spiro atoms. The fourth-order valence-electron chi connectivity index (χ4n) is 2.61. The standard InChI is InChI=1S/C18H23N3O2S/c1-15(11-13-19)21(3)24(22,23)20(2)14-12-17-9-6-8-16-7-4-5-10-18(16)17/h4-10,15H,11-12,14H2,1-3H3/t15-/m1/s1. The average Bonchev–Trinajstić information content (AvgIpc) is 2.58. The van der Waals surface area contributed by atoms with Crippen LogP contribution in [0.15, 0.2) is 42.5 Å². The van der Waals surface area contributed by atoms with Crippen LogP contribution in [0.1, 0.15) is 18.9 Å². The molecule has 6 heteroatoms. The second-order valence-corrected chi connectivity index (χ2v) is 8.04. The molecule has 0 aliphatic carbocycles. The third-order valence-corrected chi connectivity index (χ3v) is 6.40. The highest BCUT2D eigenvalue weighted by atomic mass is 32.2. The van der Waals surface area contributed by atoms with Gasteiger partial charge in [0.2, 0.25) is 0 Å². The summed E-state index contributed by atoms with van der Waals surface area (Å²) in [6.45, 7) is 2.12. The summed E-state index contributed by atoms with van der Waals surface area (Å²) in [4.78, 5) is 0. The van der Waals surface area contributed by atoms with Crippen molar-refractivity contribution in [2.24, 2.45) is 0 Å². The first-order valence-electron chi connectivity index (χ1n) is 7.91. The van der Waals surface area contributed by atoms with Gasteiger partial charge in [-0.2, -0.15) is 22.3 Å². The lowest BCUT2D eigenvalue weighted by Crippen LogP contribution is -2.44. The normalized spacial score (nSPS) is 13.3. The van der Waals surface area contributed by atoms with Gasteiger partial charge in [0.05, 0.1) is 12.5 Å². The summed E-state index contributed by atoms with van der Waals surface area (Å²) in [6.07, 6.45) is 0.810. The van der Waals surface area contributed by atoms with Gasteiger partial charge in [-0.1, -0.05) is 42.5 Å². The zero-order valence-electron chi connectivity index (χ0n) is 14.3. The van der Waals surface area contributed by atoms with Crippen LogP contribution in [0.2, 0.25) is 0 Å². The SMILES string of the molecule is C[C@H](CC#N)N(C)S(=O)(=O)N(C)CCc1cccc2ccccc12. The molecule has 0 aromatic heterocycles. The highest BCUT2D eigenvalue weighted by Gasteiger charge is 2.27. The fraction of sp³-hybridized carbons (Fsp3) is 0.389. The van der Waals surface area contributed by atoms with Crippen LogP contribution in [0, 0.1) is 11.3 Å². The number of benzene rings is 2. The Balaban J connectivity index is 2.12. The van der Waals surface area contributed by atoms with Crippen LogP contribution >= 0.6 is 0 Å². The molecule has 0 radical (unpaired) electrons. The quantitative estimate of drug-likeness (QED) is 0.775. The van der Waals surface area contributed by atoms with E-state index >= 15 is 0 Å². The smallest absolute Gasteiger partial charge is 0.198 e. The molecule has 5 nitrogen and oxygen atoms in total. The number of rotatable bonds is 7. The number of hydrogen-bond donors (Lipinski definition) is 0. The summed E-state index contributed by atoms with van der Waals surface area (Å²) in [6, 6.07) is 15.8. The maximum absolute atomic E-state index is 12.6. The first-order chi connectivity index (χ1) is 11.4. The topological polar surface area (TPSA) is 64.4 Å². The third kappa shape index (κ3) is 3.93. The molecule has 0 N–H and O–H groups in total. The molecule has 0 bridgehead atoms. The van der Waals surface area contributed by atoms with E-state index in [1.54, 1.807) is 14.0 Å². The van der Waals surface area contributed by atoms with E-state index in [1.165, 1.54) is 15.7 Å². The number of nitrogens with zero attached hydrogens (tertiary/aromatic N) is 3. The predicted octanol–water partition coefficient (Wildman–Crippen LogP) is 2.79. The van der Waals surface area contributed by atoms with Crippen LogP contribution in [0.3, 0.4) is 0 Å². The first kappa shape index (κ1) is 18.4. The van der Waals surface area contributed by atoms with Crippen LogP contribution < -0.4 is 0 Å². The second-order valence-electron chi connectivity index (χ2n) is 5.95. The summed E-state index contributed by atoms with van der Waals surface area (Å²) in [5.41, 5.74) is 1.13. The summed E-state index contributed by atoms with van der Waals surface area (Å²) < 4.78 is 27.8. The summed E-state index contributed by atoms with van der Waals surface area (Å²) in [5, 5.41) is 11.1. The summed E-state index contributed by atoms with van der Waals surface area (Å²) in [7, 11) is -0.469. The Morgan fingerprint density at radius 3 is 2.50 bits per heavy atom. The van der Waals surface area contributed by atoms with Crippen LogP contribution in [0.4, 0.5) is 0 Å². The van der Waals surface area contributed by atoms with Gasteiger partial charge >= 0.3 is 0 Å². The van der Waals surface area contributed by atoms with Gasteiger partial charge in [0.15, 0.2) is 0 Å². The van der Waals surface area contributed by atoms with Crippen molar-refractivity contribution in [3.05, 3.63) is 48.0 Å². The fourth-order valence-corrected chi connectivity index (χ4v) is 3.90. The van der Waals surface area contributed by atoms with E-state index in [0.717, 1.165) is 16.3 Å². The summed E-state index contributed by atoms with van der Waals surface area (Å²) >= 11 is 0. The number of fused-ring (bicyclic) bond motifs is 1.